The molecule has 1 aromatic heterocycles. The molecule has 2 heterocycles. The smallest absolute Gasteiger partial charge is 0.283 e. The molecular weight excluding hydrogens is 394 g/mol. The van der Waals surface area contributed by atoms with E-state index in [4.69, 9.17) is 4.98 Å². The second-order valence-corrected chi connectivity index (χ2v) is 8.11. The molecule has 1 fully saturated rings. The number of amides is 2. The Labute approximate surface area is 180 Å². The summed E-state index contributed by atoms with van der Waals surface area (Å²) in [6.07, 6.45) is 2.56. The molecule has 1 aliphatic heterocycles. The van der Waals surface area contributed by atoms with Gasteiger partial charge in [-0.05, 0) is 12.0 Å². The first-order chi connectivity index (χ1) is 14.7. The summed E-state index contributed by atoms with van der Waals surface area (Å²) >= 11 is 1.38. The topological polar surface area (TPSA) is 53.5 Å². The molecule has 1 aliphatic rings. The number of aromatic nitrogens is 1. The van der Waals surface area contributed by atoms with Gasteiger partial charge in [-0.15, -0.1) is 17.9 Å². The molecule has 0 bridgehead atoms. The van der Waals surface area contributed by atoms with Crippen molar-refractivity contribution in [2.75, 3.05) is 26.2 Å². The van der Waals surface area contributed by atoms with E-state index in [2.05, 4.69) is 6.58 Å². The van der Waals surface area contributed by atoms with Crippen molar-refractivity contribution in [1.82, 2.24) is 14.8 Å². The summed E-state index contributed by atoms with van der Waals surface area (Å²) in [6, 6.07) is 19.9. The number of hydrogen-bond acceptors (Lipinski definition) is 4. The largest absolute Gasteiger partial charge is 0.339 e. The van der Waals surface area contributed by atoms with E-state index in [1.165, 1.54) is 11.3 Å². The van der Waals surface area contributed by atoms with Crippen LogP contribution in [0.1, 0.15) is 16.2 Å². The zero-order valence-corrected chi connectivity index (χ0v) is 17.5. The number of benzene rings is 2. The number of rotatable bonds is 6. The second-order valence-electron chi connectivity index (χ2n) is 7.11. The van der Waals surface area contributed by atoms with Crippen molar-refractivity contribution in [2.24, 2.45) is 0 Å². The van der Waals surface area contributed by atoms with Crippen molar-refractivity contribution in [2.45, 2.75) is 6.42 Å². The third-order valence-corrected chi connectivity index (χ3v) is 6.19. The van der Waals surface area contributed by atoms with E-state index in [0.717, 1.165) is 28.1 Å². The van der Waals surface area contributed by atoms with Gasteiger partial charge in [0, 0.05) is 25.2 Å². The standard InChI is InChI=1S/C24H23N3O2S/c1-2-3-14-26-15-16-27(17-20(26)28)24(29)23-25-21(18-10-6-4-7-11-18)22(30-23)19-12-8-5-9-13-19/h2,4-13H,1,3,14-17H2. The fourth-order valence-corrected chi connectivity index (χ4v) is 4.55. The van der Waals surface area contributed by atoms with Crippen LogP contribution in [0, 0.1) is 0 Å². The maximum atomic E-state index is 13.2. The summed E-state index contributed by atoms with van der Waals surface area (Å²) in [5, 5.41) is 0.417. The van der Waals surface area contributed by atoms with Gasteiger partial charge in [0.05, 0.1) is 10.6 Å². The summed E-state index contributed by atoms with van der Waals surface area (Å²) < 4.78 is 0. The Morgan fingerprint density at radius 1 is 1.03 bits per heavy atom. The molecule has 2 amide bonds. The van der Waals surface area contributed by atoms with Gasteiger partial charge in [0.1, 0.15) is 6.54 Å². The quantitative estimate of drug-likeness (QED) is 0.561. The molecule has 30 heavy (non-hydrogen) atoms. The van der Waals surface area contributed by atoms with E-state index in [-0.39, 0.29) is 18.4 Å². The second kappa shape index (κ2) is 9.05. The Bertz CT molecular complexity index is 990. The summed E-state index contributed by atoms with van der Waals surface area (Å²) in [4.78, 5) is 34.7. The lowest BCUT2D eigenvalue weighted by molar-refractivity contribution is -0.134. The van der Waals surface area contributed by atoms with Crippen LogP contribution in [0.3, 0.4) is 0 Å². The van der Waals surface area contributed by atoms with Crippen LogP contribution in [0.25, 0.3) is 21.7 Å². The Morgan fingerprint density at radius 2 is 1.70 bits per heavy atom. The van der Waals surface area contributed by atoms with E-state index < -0.39 is 0 Å². The third-order valence-electron chi connectivity index (χ3n) is 5.10. The van der Waals surface area contributed by atoms with Gasteiger partial charge in [-0.3, -0.25) is 9.59 Å². The number of hydrogen-bond donors (Lipinski definition) is 0. The van der Waals surface area contributed by atoms with E-state index in [0.29, 0.717) is 24.6 Å². The molecule has 0 radical (unpaired) electrons. The molecule has 152 valence electrons. The summed E-state index contributed by atoms with van der Waals surface area (Å²) in [6.45, 7) is 5.51. The van der Waals surface area contributed by atoms with Crippen LogP contribution in [0.2, 0.25) is 0 Å². The first-order valence-corrected chi connectivity index (χ1v) is 10.8. The summed E-state index contributed by atoms with van der Waals surface area (Å²) in [5.74, 6) is -0.212. The molecule has 0 saturated carbocycles. The molecule has 0 atom stereocenters. The fraction of sp³-hybridized carbons (Fsp3) is 0.208. The zero-order valence-electron chi connectivity index (χ0n) is 16.7. The van der Waals surface area contributed by atoms with Crippen LogP contribution < -0.4 is 0 Å². The van der Waals surface area contributed by atoms with Gasteiger partial charge in [-0.2, -0.15) is 0 Å². The van der Waals surface area contributed by atoms with Gasteiger partial charge in [0.15, 0.2) is 5.01 Å². The molecule has 0 N–H and O–H groups in total. The lowest BCUT2D eigenvalue weighted by atomic mass is 10.1. The maximum Gasteiger partial charge on any atom is 0.283 e. The summed E-state index contributed by atoms with van der Waals surface area (Å²) in [7, 11) is 0. The van der Waals surface area contributed by atoms with Crippen LogP contribution in [-0.2, 0) is 4.79 Å². The minimum atomic E-state index is -0.184. The maximum absolute atomic E-state index is 13.2. The van der Waals surface area contributed by atoms with Gasteiger partial charge < -0.3 is 9.80 Å². The molecule has 0 spiro atoms. The van der Waals surface area contributed by atoms with Gasteiger partial charge in [-0.25, -0.2) is 4.98 Å². The number of carbonyl (C=O) groups excluding carboxylic acids is 2. The minimum Gasteiger partial charge on any atom is -0.339 e. The van der Waals surface area contributed by atoms with Gasteiger partial charge >= 0.3 is 0 Å². The lowest BCUT2D eigenvalue weighted by Gasteiger charge is -2.33. The molecule has 1 saturated heterocycles. The fourth-order valence-electron chi connectivity index (χ4n) is 3.49. The molecule has 0 unspecified atom stereocenters. The number of piperazine rings is 1. The highest BCUT2D eigenvalue weighted by Crippen LogP contribution is 2.37. The molecular formula is C24H23N3O2S. The van der Waals surface area contributed by atoms with Crippen molar-refractivity contribution in [3.8, 4) is 21.7 Å². The van der Waals surface area contributed by atoms with Crippen molar-refractivity contribution in [3.63, 3.8) is 0 Å². The normalized spacial score (nSPS) is 14.1. The zero-order chi connectivity index (χ0) is 20.9. The van der Waals surface area contributed by atoms with Crippen molar-refractivity contribution in [1.29, 1.82) is 0 Å². The van der Waals surface area contributed by atoms with Crippen molar-refractivity contribution >= 4 is 23.2 Å². The molecule has 0 aliphatic carbocycles. The number of thiazole rings is 1. The van der Waals surface area contributed by atoms with Gasteiger partial charge in [-0.1, -0.05) is 66.7 Å². The van der Waals surface area contributed by atoms with Crippen LogP contribution in [0.15, 0.2) is 73.3 Å². The molecule has 3 aromatic rings. The predicted molar refractivity (Wildman–Crippen MR) is 120 cm³/mol. The van der Waals surface area contributed by atoms with Crippen molar-refractivity contribution in [3.05, 3.63) is 78.3 Å². The monoisotopic (exact) mass is 417 g/mol. The molecule has 6 heteroatoms. The van der Waals surface area contributed by atoms with Crippen molar-refractivity contribution < 1.29 is 9.59 Å². The van der Waals surface area contributed by atoms with Gasteiger partial charge in [0.25, 0.3) is 5.91 Å². The van der Waals surface area contributed by atoms with Crippen LogP contribution in [-0.4, -0.2) is 52.8 Å². The highest BCUT2D eigenvalue weighted by molar-refractivity contribution is 7.17. The minimum absolute atomic E-state index is 0.0282. The highest BCUT2D eigenvalue weighted by Gasteiger charge is 2.30. The van der Waals surface area contributed by atoms with E-state index in [9.17, 15) is 9.59 Å². The Morgan fingerprint density at radius 3 is 2.33 bits per heavy atom. The van der Waals surface area contributed by atoms with Gasteiger partial charge in [0.2, 0.25) is 5.91 Å². The Balaban J connectivity index is 1.62. The number of nitrogens with zero attached hydrogens (tertiary/aromatic N) is 3. The van der Waals surface area contributed by atoms with E-state index >= 15 is 0 Å². The Kier molecular flexibility index (Phi) is 6.05. The average molecular weight is 418 g/mol. The first-order valence-electron chi connectivity index (χ1n) is 9.97. The third kappa shape index (κ3) is 4.19. The molecule has 4 rings (SSSR count). The summed E-state index contributed by atoms with van der Waals surface area (Å²) in [5.41, 5.74) is 2.79. The predicted octanol–water partition coefficient (Wildman–Crippen LogP) is 4.34. The average Bonchev–Trinajstić information content (AvgIpc) is 3.24. The molecule has 5 nitrogen and oxygen atoms in total. The van der Waals surface area contributed by atoms with E-state index in [1.54, 1.807) is 15.9 Å². The SMILES string of the molecule is C=CCCN1CCN(C(=O)c2nc(-c3ccccc3)c(-c3ccccc3)s2)CC1=O. The first kappa shape index (κ1) is 20.0. The van der Waals surface area contributed by atoms with Crippen LogP contribution in [0.4, 0.5) is 0 Å². The highest BCUT2D eigenvalue weighted by atomic mass is 32.1. The van der Waals surface area contributed by atoms with Crippen LogP contribution in [0.5, 0.6) is 0 Å². The van der Waals surface area contributed by atoms with Crippen LogP contribution >= 0.6 is 11.3 Å². The molecule has 2 aromatic carbocycles. The Hall–Kier alpha value is -3.25. The lowest BCUT2D eigenvalue weighted by Crippen LogP contribution is -2.52. The number of carbonyl (C=O) groups is 2. The van der Waals surface area contributed by atoms with E-state index in [1.807, 2.05) is 60.7 Å².